The summed E-state index contributed by atoms with van der Waals surface area (Å²) in [6.07, 6.45) is 0. The number of thiophene rings is 1. The molecule has 2 amide bonds. The lowest BCUT2D eigenvalue weighted by molar-refractivity contribution is -0.129. The van der Waals surface area contributed by atoms with E-state index in [2.05, 4.69) is 5.32 Å². The Morgan fingerprint density at radius 1 is 1.23 bits per heavy atom. The summed E-state index contributed by atoms with van der Waals surface area (Å²) in [5.41, 5.74) is 0.893. The van der Waals surface area contributed by atoms with Crippen molar-refractivity contribution in [1.82, 2.24) is 10.2 Å². The highest BCUT2D eigenvalue weighted by molar-refractivity contribution is 7.12. The van der Waals surface area contributed by atoms with Crippen molar-refractivity contribution in [3.05, 3.63) is 57.2 Å². The van der Waals surface area contributed by atoms with Crippen molar-refractivity contribution < 1.29 is 9.59 Å². The third-order valence-electron chi connectivity index (χ3n) is 3.18. The molecule has 1 heterocycles. The molecule has 0 saturated heterocycles. The van der Waals surface area contributed by atoms with Crippen molar-refractivity contribution in [1.29, 1.82) is 0 Å². The summed E-state index contributed by atoms with van der Waals surface area (Å²) >= 11 is 7.51. The standard InChI is InChI=1S/C16H17ClN2O2S/c1-12(20)19(11-13-5-2-3-6-14(13)17)9-8-18-16(21)15-7-4-10-22-15/h2-7,10H,8-9,11H2,1H3,(H,18,21). The van der Waals surface area contributed by atoms with Crippen LogP contribution in [0.15, 0.2) is 41.8 Å². The molecule has 0 spiro atoms. The summed E-state index contributed by atoms with van der Waals surface area (Å²) in [5.74, 6) is -0.165. The molecular formula is C16H17ClN2O2S. The number of halogens is 1. The molecule has 0 aliphatic carbocycles. The fourth-order valence-corrected chi connectivity index (χ4v) is 2.81. The third kappa shape index (κ3) is 4.58. The quantitative estimate of drug-likeness (QED) is 0.880. The highest BCUT2D eigenvalue weighted by Gasteiger charge is 2.12. The van der Waals surface area contributed by atoms with E-state index in [-0.39, 0.29) is 11.8 Å². The maximum Gasteiger partial charge on any atom is 0.261 e. The minimum atomic E-state index is -0.115. The molecule has 0 fully saturated rings. The Kier molecular flexibility index (Phi) is 5.98. The van der Waals surface area contributed by atoms with Crippen LogP contribution in [0, 0.1) is 0 Å². The minimum Gasteiger partial charge on any atom is -0.350 e. The van der Waals surface area contributed by atoms with E-state index in [0.717, 1.165) is 5.56 Å². The summed E-state index contributed by atoms with van der Waals surface area (Å²) < 4.78 is 0. The fraction of sp³-hybridized carbons (Fsp3) is 0.250. The number of rotatable bonds is 6. The molecule has 0 atom stereocenters. The molecule has 2 aromatic rings. The second-order valence-corrected chi connectivity index (χ2v) is 6.12. The second-order valence-electron chi connectivity index (χ2n) is 4.77. The van der Waals surface area contributed by atoms with Gasteiger partial charge in [-0.05, 0) is 23.1 Å². The zero-order valence-electron chi connectivity index (χ0n) is 12.2. The van der Waals surface area contributed by atoms with Crippen LogP contribution in [-0.4, -0.2) is 29.8 Å². The van der Waals surface area contributed by atoms with Crippen LogP contribution in [0.25, 0.3) is 0 Å². The van der Waals surface area contributed by atoms with Gasteiger partial charge in [0.2, 0.25) is 5.91 Å². The molecule has 6 heteroatoms. The smallest absolute Gasteiger partial charge is 0.261 e. The molecule has 1 N–H and O–H groups in total. The van der Waals surface area contributed by atoms with Crippen LogP contribution in [0.4, 0.5) is 0 Å². The Labute approximate surface area is 138 Å². The topological polar surface area (TPSA) is 49.4 Å². The van der Waals surface area contributed by atoms with E-state index in [0.29, 0.717) is 29.5 Å². The van der Waals surface area contributed by atoms with Gasteiger partial charge in [-0.25, -0.2) is 0 Å². The van der Waals surface area contributed by atoms with Gasteiger partial charge in [0.25, 0.3) is 5.91 Å². The largest absolute Gasteiger partial charge is 0.350 e. The molecule has 0 unspecified atom stereocenters. The van der Waals surface area contributed by atoms with Crippen LogP contribution in [0.2, 0.25) is 5.02 Å². The van der Waals surface area contributed by atoms with Gasteiger partial charge >= 0.3 is 0 Å². The highest BCUT2D eigenvalue weighted by Crippen LogP contribution is 2.17. The van der Waals surface area contributed by atoms with E-state index >= 15 is 0 Å². The molecule has 1 aromatic heterocycles. The van der Waals surface area contributed by atoms with Gasteiger partial charge in [-0.1, -0.05) is 35.9 Å². The van der Waals surface area contributed by atoms with Crippen molar-refractivity contribution in [2.45, 2.75) is 13.5 Å². The number of amides is 2. The maximum absolute atomic E-state index is 11.8. The summed E-state index contributed by atoms with van der Waals surface area (Å²) in [7, 11) is 0. The first-order valence-electron chi connectivity index (χ1n) is 6.88. The first kappa shape index (κ1) is 16.5. The molecule has 0 saturated carbocycles. The molecule has 116 valence electrons. The van der Waals surface area contributed by atoms with Crippen molar-refractivity contribution in [3.8, 4) is 0 Å². The number of nitrogens with one attached hydrogen (secondary N) is 1. The van der Waals surface area contributed by atoms with Gasteiger partial charge < -0.3 is 10.2 Å². The number of nitrogens with zero attached hydrogens (tertiary/aromatic N) is 1. The molecule has 0 aliphatic rings. The molecule has 0 radical (unpaired) electrons. The number of carbonyl (C=O) groups is 2. The first-order chi connectivity index (χ1) is 10.6. The van der Waals surface area contributed by atoms with Crippen LogP contribution >= 0.6 is 22.9 Å². The van der Waals surface area contributed by atoms with Crippen molar-refractivity contribution in [2.75, 3.05) is 13.1 Å². The van der Waals surface area contributed by atoms with E-state index in [1.807, 2.05) is 29.6 Å². The van der Waals surface area contributed by atoms with E-state index in [1.54, 1.807) is 17.0 Å². The van der Waals surface area contributed by atoms with Gasteiger partial charge in [0.1, 0.15) is 0 Å². The van der Waals surface area contributed by atoms with Gasteiger partial charge in [0, 0.05) is 31.6 Å². The molecular weight excluding hydrogens is 320 g/mol. The molecule has 22 heavy (non-hydrogen) atoms. The van der Waals surface area contributed by atoms with Crippen LogP contribution in [0.5, 0.6) is 0 Å². The van der Waals surface area contributed by atoms with Gasteiger partial charge in [-0.15, -0.1) is 11.3 Å². The molecule has 2 rings (SSSR count). The van der Waals surface area contributed by atoms with Crippen molar-refractivity contribution >= 4 is 34.8 Å². The van der Waals surface area contributed by atoms with Crippen LogP contribution in [0.1, 0.15) is 22.2 Å². The Bertz CT molecular complexity index is 643. The van der Waals surface area contributed by atoms with Gasteiger partial charge in [0.15, 0.2) is 0 Å². The first-order valence-corrected chi connectivity index (χ1v) is 8.14. The zero-order valence-corrected chi connectivity index (χ0v) is 13.8. The maximum atomic E-state index is 11.8. The number of hydrogen-bond acceptors (Lipinski definition) is 3. The third-order valence-corrected chi connectivity index (χ3v) is 4.41. The molecule has 4 nitrogen and oxygen atoms in total. The lowest BCUT2D eigenvalue weighted by Gasteiger charge is -2.21. The average molecular weight is 337 g/mol. The Morgan fingerprint density at radius 3 is 2.64 bits per heavy atom. The van der Waals surface area contributed by atoms with Gasteiger partial charge in [0.05, 0.1) is 4.88 Å². The Hall–Kier alpha value is -1.85. The van der Waals surface area contributed by atoms with E-state index in [9.17, 15) is 9.59 Å². The summed E-state index contributed by atoms with van der Waals surface area (Å²) in [6.45, 7) is 2.79. The number of carbonyl (C=O) groups excluding carboxylic acids is 2. The van der Waals surface area contributed by atoms with E-state index in [4.69, 9.17) is 11.6 Å². The van der Waals surface area contributed by atoms with Crippen LogP contribution in [-0.2, 0) is 11.3 Å². The average Bonchev–Trinajstić information content (AvgIpc) is 3.02. The van der Waals surface area contributed by atoms with E-state index < -0.39 is 0 Å². The highest BCUT2D eigenvalue weighted by atomic mass is 35.5. The summed E-state index contributed by atoms with van der Waals surface area (Å²) in [6, 6.07) is 11.0. The fourth-order valence-electron chi connectivity index (χ4n) is 1.98. The number of benzene rings is 1. The van der Waals surface area contributed by atoms with E-state index in [1.165, 1.54) is 18.3 Å². The Morgan fingerprint density at radius 2 is 2.00 bits per heavy atom. The second kappa shape index (κ2) is 7.96. The predicted octanol–water partition coefficient (Wildman–Crippen LogP) is 3.18. The number of hydrogen-bond donors (Lipinski definition) is 1. The monoisotopic (exact) mass is 336 g/mol. The lowest BCUT2D eigenvalue weighted by Crippen LogP contribution is -2.37. The predicted molar refractivity (Wildman–Crippen MR) is 89.2 cm³/mol. The minimum absolute atomic E-state index is 0.0507. The molecule has 0 bridgehead atoms. The molecule has 1 aromatic carbocycles. The normalized spacial score (nSPS) is 10.3. The van der Waals surface area contributed by atoms with Gasteiger partial charge in [-0.2, -0.15) is 0 Å². The van der Waals surface area contributed by atoms with Gasteiger partial charge in [-0.3, -0.25) is 9.59 Å². The van der Waals surface area contributed by atoms with Crippen LogP contribution in [0.3, 0.4) is 0 Å². The summed E-state index contributed by atoms with van der Waals surface area (Å²) in [5, 5.41) is 5.31. The van der Waals surface area contributed by atoms with Crippen molar-refractivity contribution in [3.63, 3.8) is 0 Å². The van der Waals surface area contributed by atoms with Crippen LogP contribution < -0.4 is 5.32 Å². The lowest BCUT2D eigenvalue weighted by atomic mass is 10.2. The molecule has 0 aliphatic heterocycles. The zero-order chi connectivity index (χ0) is 15.9. The summed E-state index contributed by atoms with van der Waals surface area (Å²) in [4.78, 5) is 25.9. The van der Waals surface area contributed by atoms with Crippen molar-refractivity contribution in [2.24, 2.45) is 0 Å². The Balaban J connectivity index is 1.88. The SMILES string of the molecule is CC(=O)N(CCNC(=O)c1cccs1)Cc1ccccc1Cl.